The number of halogens is 3. The molecule has 4 rings (SSSR count). The fourth-order valence-corrected chi connectivity index (χ4v) is 3.25. The smallest absolute Gasteiger partial charge is 0.416 e. The summed E-state index contributed by atoms with van der Waals surface area (Å²) in [5.74, 6) is 0.261. The Hall–Kier alpha value is -4.13. The van der Waals surface area contributed by atoms with Gasteiger partial charge in [-0.25, -0.2) is 0 Å². The number of aromatic nitrogens is 1. The third kappa shape index (κ3) is 5.57. The molecule has 0 bridgehead atoms. The summed E-state index contributed by atoms with van der Waals surface area (Å²) in [6.45, 7) is 0.326. The molecule has 4 nitrogen and oxygen atoms in total. The Bertz CT molecular complexity index is 1220. The number of nitrogens with one attached hydrogen (secondary N) is 1. The van der Waals surface area contributed by atoms with E-state index in [1.54, 1.807) is 54.7 Å². The number of benzene rings is 3. The van der Waals surface area contributed by atoms with Crippen molar-refractivity contribution in [3.8, 4) is 16.9 Å². The van der Waals surface area contributed by atoms with Crippen LogP contribution in [0, 0.1) is 0 Å². The van der Waals surface area contributed by atoms with Gasteiger partial charge in [-0.3, -0.25) is 9.78 Å². The van der Waals surface area contributed by atoms with Gasteiger partial charge in [0.05, 0.1) is 11.3 Å². The minimum atomic E-state index is -4.41. The summed E-state index contributed by atoms with van der Waals surface area (Å²) in [4.78, 5) is 17.1. The molecule has 3 aromatic carbocycles. The van der Waals surface area contributed by atoms with Crippen LogP contribution in [0.4, 0.5) is 18.9 Å². The number of amides is 1. The quantitative estimate of drug-likeness (QED) is 0.362. The second-order valence-electron chi connectivity index (χ2n) is 7.21. The second kappa shape index (κ2) is 9.56. The fourth-order valence-electron chi connectivity index (χ4n) is 3.25. The predicted molar refractivity (Wildman–Crippen MR) is 120 cm³/mol. The van der Waals surface area contributed by atoms with Crippen molar-refractivity contribution in [2.45, 2.75) is 12.8 Å². The summed E-state index contributed by atoms with van der Waals surface area (Å²) in [6.07, 6.45) is -2.72. The lowest BCUT2D eigenvalue weighted by atomic mass is 9.98. The standard InChI is InChI=1S/C26H19F3N2O2/c27-26(28,29)19-10-8-18(9-11-19)23-6-1-2-7-24(23)25(32)31-20-12-14-22(15-13-20)33-17-21-5-3-4-16-30-21/h1-16H,17H2,(H,31,32). The van der Waals surface area contributed by atoms with Gasteiger partial charge in [0.1, 0.15) is 12.4 Å². The molecule has 1 aromatic heterocycles. The Morgan fingerprint density at radius 1 is 0.848 bits per heavy atom. The molecule has 0 saturated heterocycles. The van der Waals surface area contributed by atoms with Crippen LogP contribution in [-0.2, 0) is 12.8 Å². The summed E-state index contributed by atoms with van der Waals surface area (Å²) in [7, 11) is 0. The second-order valence-corrected chi connectivity index (χ2v) is 7.21. The Labute approximate surface area is 188 Å². The van der Waals surface area contributed by atoms with E-state index in [9.17, 15) is 18.0 Å². The van der Waals surface area contributed by atoms with E-state index in [1.165, 1.54) is 12.1 Å². The third-order valence-electron chi connectivity index (χ3n) is 4.92. The molecule has 1 amide bonds. The molecule has 0 spiro atoms. The maximum Gasteiger partial charge on any atom is 0.416 e. The molecule has 0 unspecified atom stereocenters. The highest BCUT2D eigenvalue weighted by molar-refractivity contribution is 6.08. The molecule has 0 radical (unpaired) electrons. The maximum atomic E-state index is 12.9. The van der Waals surface area contributed by atoms with Crippen molar-refractivity contribution in [1.82, 2.24) is 4.98 Å². The Morgan fingerprint density at radius 3 is 2.21 bits per heavy atom. The van der Waals surface area contributed by atoms with E-state index >= 15 is 0 Å². The molecule has 0 fully saturated rings. The number of nitrogens with zero attached hydrogens (tertiary/aromatic N) is 1. The number of anilines is 1. The normalized spacial score (nSPS) is 11.1. The average Bonchev–Trinajstić information content (AvgIpc) is 2.84. The third-order valence-corrected chi connectivity index (χ3v) is 4.92. The number of ether oxygens (including phenoxy) is 1. The Morgan fingerprint density at radius 2 is 1.55 bits per heavy atom. The highest BCUT2D eigenvalue weighted by atomic mass is 19.4. The van der Waals surface area contributed by atoms with Crippen molar-refractivity contribution < 1.29 is 22.7 Å². The number of alkyl halides is 3. The first-order valence-corrected chi connectivity index (χ1v) is 10.1. The number of carbonyl (C=O) groups excluding carboxylic acids is 1. The van der Waals surface area contributed by atoms with Gasteiger partial charge in [-0.1, -0.05) is 36.4 Å². The lowest BCUT2D eigenvalue weighted by molar-refractivity contribution is -0.137. The van der Waals surface area contributed by atoms with Crippen LogP contribution in [0.1, 0.15) is 21.6 Å². The topological polar surface area (TPSA) is 51.2 Å². The van der Waals surface area contributed by atoms with Crippen LogP contribution in [0.3, 0.4) is 0 Å². The van der Waals surface area contributed by atoms with Gasteiger partial charge in [0.25, 0.3) is 5.91 Å². The van der Waals surface area contributed by atoms with Crippen molar-refractivity contribution >= 4 is 11.6 Å². The van der Waals surface area contributed by atoms with Gasteiger partial charge in [-0.05, 0) is 65.7 Å². The summed E-state index contributed by atoms with van der Waals surface area (Å²) >= 11 is 0. The largest absolute Gasteiger partial charge is 0.487 e. The van der Waals surface area contributed by atoms with Crippen molar-refractivity contribution in [3.63, 3.8) is 0 Å². The van der Waals surface area contributed by atoms with Crippen molar-refractivity contribution in [3.05, 3.63) is 114 Å². The van der Waals surface area contributed by atoms with Crippen LogP contribution in [0.25, 0.3) is 11.1 Å². The first-order valence-electron chi connectivity index (χ1n) is 10.1. The molecule has 0 aliphatic carbocycles. The van der Waals surface area contributed by atoms with Crippen molar-refractivity contribution in [1.29, 1.82) is 0 Å². The molecule has 0 aliphatic heterocycles. The van der Waals surface area contributed by atoms with Gasteiger partial charge in [-0.15, -0.1) is 0 Å². The summed E-state index contributed by atoms with van der Waals surface area (Å²) in [5, 5.41) is 2.82. The predicted octanol–water partition coefficient (Wildman–Crippen LogP) is 6.60. The van der Waals surface area contributed by atoms with Gasteiger partial charge in [0.2, 0.25) is 0 Å². The summed E-state index contributed by atoms with van der Waals surface area (Å²) < 4.78 is 44.3. The van der Waals surface area contributed by atoms with E-state index in [0.29, 0.717) is 34.7 Å². The van der Waals surface area contributed by atoms with Crippen LogP contribution in [0.15, 0.2) is 97.2 Å². The molecule has 7 heteroatoms. The fraction of sp³-hybridized carbons (Fsp3) is 0.0769. The number of carbonyl (C=O) groups is 1. The number of pyridine rings is 1. The molecular weight excluding hydrogens is 429 g/mol. The molecule has 1 heterocycles. The number of hydrogen-bond acceptors (Lipinski definition) is 3. The minimum absolute atomic E-state index is 0.326. The van der Waals surface area contributed by atoms with E-state index in [-0.39, 0.29) is 5.91 Å². The highest BCUT2D eigenvalue weighted by Gasteiger charge is 2.30. The molecule has 0 atom stereocenters. The van der Waals surface area contributed by atoms with E-state index in [2.05, 4.69) is 10.3 Å². The van der Waals surface area contributed by atoms with Gasteiger partial charge < -0.3 is 10.1 Å². The first-order chi connectivity index (χ1) is 15.9. The minimum Gasteiger partial charge on any atom is -0.487 e. The van der Waals surface area contributed by atoms with Gasteiger partial charge in [-0.2, -0.15) is 13.2 Å². The molecular formula is C26H19F3N2O2. The van der Waals surface area contributed by atoms with Gasteiger partial charge in [0.15, 0.2) is 0 Å². The zero-order valence-electron chi connectivity index (χ0n) is 17.3. The highest BCUT2D eigenvalue weighted by Crippen LogP contribution is 2.32. The van der Waals surface area contributed by atoms with E-state index in [0.717, 1.165) is 17.8 Å². The van der Waals surface area contributed by atoms with Gasteiger partial charge >= 0.3 is 6.18 Å². The zero-order valence-corrected chi connectivity index (χ0v) is 17.3. The lowest BCUT2D eigenvalue weighted by Crippen LogP contribution is -2.13. The maximum absolute atomic E-state index is 12.9. The molecule has 33 heavy (non-hydrogen) atoms. The monoisotopic (exact) mass is 448 g/mol. The van der Waals surface area contributed by atoms with Crippen LogP contribution in [0.2, 0.25) is 0 Å². The SMILES string of the molecule is O=C(Nc1ccc(OCc2ccccn2)cc1)c1ccccc1-c1ccc(C(F)(F)F)cc1. The number of hydrogen-bond donors (Lipinski definition) is 1. The zero-order chi connectivity index (χ0) is 23.3. The Kier molecular flexibility index (Phi) is 6.40. The summed E-state index contributed by atoms with van der Waals surface area (Å²) in [5.41, 5.74) is 2.04. The molecule has 0 saturated carbocycles. The van der Waals surface area contributed by atoms with Crippen LogP contribution < -0.4 is 10.1 Å². The molecule has 1 N–H and O–H groups in total. The van der Waals surface area contributed by atoms with Crippen LogP contribution in [-0.4, -0.2) is 10.9 Å². The molecule has 4 aromatic rings. The van der Waals surface area contributed by atoms with Gasteiger partial charge in [0, 0.05) is 17.4 Å². The van der Waals surface area contributed by atoms with Crippen LogP contribution in [0.5, 0.6) is 5.75 Å². The number of rotatable bonds is 6. The van der Waals surface area contributed by atoms with Crippen molar-refractivity contribution in [2.75, 3.05) is 5.32 Å². The average molecular weight is 448 g/mol. The van der Waals surface area contributed by atoms with E-state index in [4.69, 9.17) is 4.74 Å². The Balaban J connectivity index is 1.46. The van der Waals surface area contributed by atoms with Crippen LogP contribution >= 0.6 is 0 Å². The molecule has 166 valence electrons. The summed E-state index contributed by atoms with van der Waals surface area (Å²) in [6, 6.07) is 24.0. The van der Waals surface area contributed by atoms with E-state index in [1.807, 2.05) is 18.2 Å². The van der Waals surface area contributed by atoms with E-state index < -0.39 is 11.7 Å². The lowest BCUT2D eigenvalue weighted by Gasteiger charge is -2.12. The van der Waals surface area contributed by atoms with Crippen molar-refractivity contribution in [2.24, 2.45) is 0 Å². The molecule has 0 aliphatic rings. The first kappa shape index (κ1) is 22.1.